The Labute approximate surface area is 185 Å². The summed E-state index contributed by atoms with van der Waals surface area (Å²) >= 11 is 0. The molecule has 0 atom stereocenters. The highest BCUT2D eigenvalue weighted by Gasteiger charge is 2.32. The number of hydrogen-bond donors (Lipinski definition) is 1. The van der Waals surface area contributed by atoms with Gasteiger partial charge in [0.1, 0.15) is 0 Å². The molecule has 0 radical (unpaired) electrons. The Hall–Kier alpha value is -1.96. The highest BCUT2D eigenvalue weighted by molar-refractivity contribution is 7.89. The number of rotatable bonds is 7. The lowest BCUT2D eigenvalue weighted by Crippen LogP contribution is -2.43. The summed E-state index contributed by atoms with van der Waals surface area (Å²) in [6.45, 7) is 4.88. The van der Waals surface area contributed by atoms with Crippen LogP contribution in [0, 0.1) is 5.92 Å². The summed E-state index contributed by atoms with van der Waals surface area (Å²) in [5.74, 6) is -0.0283. The van der Waals surface area contributed by atoms with Crippen molar-refractivity contribution >= 4 is 26.7 Å². The van der Waals surface area contributed by atoms with E-state index in [9.17, 15) is 13.2 Å². The first kappa shape index (κ1) is 22.2. The van der Waals surface area contributed by atoms with Crippen LogP contribution < -0.4 is 5.32 Å². The molecule has 0 spiro atoms. The second-order valence-corrected chi connectivity index (χ2v) is 10.7. The molecule has 2 aliphatic rings. The maximum atomic E-state index is 13.1. The van der Waals surface area contributed by atoms with Gasteiger partial charge in [-0.2, -0.15) is 4.31 Å². The molecule has 7 heteroatoms. The number of piperidine rings is 2. The summed E-state index contributed by atoms with van der Waals surface area (Å²) in [6.07, 6.45) is 6.03. The van der Waals surface area contributed by atoms with Crippen LogP contribution in [0.25, 0.3) is 10.8 Å². The molecule has 2 saturated heterocycles. The van der Waals surface area contributed by atoms with Crippen LogP contribution in [0.4, 0.5) is 0 Å². The zero-order chi connectivity index (χ0) is 21.7. The zero-order valence-corrected chi connectivity index (χ0v) is 18.9. The number of likely N-dealkylation sites (tertiary alicyclic amines) is 1. The smallest absolute Gasteiger partial charge is 0.243 e. The van der Waals surface area contributed by atoms with E-state index in [0.29, 0.717) is 37.4 Å². The molecule has 0 unspecified atom stereocenters. The van der Waals surface area contributed by atoms with Crippen molar-refractivity contribution in [3.63, 3.8) is 0 Å². The Morgan fingerprint density at radius 1 is 0.935 bits per heavy atom. The minimum absolute atomic E-state index is 0.0707. The monoisotopic (exact) mass is 443 g/mol. The van der Waals surface area contributed by atoms with Gasteiger partial charge in [0.15, 0.2) is 0 Å². The molecule has 31 heavy (non-hydrogen) atoms. The number of benzene rings is 2. The summed E-state index contributed by atoms with van der Waals surface area (Å²) in [5, 5.41) is 5.01. The highest BCUT2D eigenvalue weighted by atomic mass is 32.2. The molecule has 2 aromatic carbocycles. The summed E-state index contributed by atoms with van der Waals surface area (Å²) in [4.78, 5) is 15.3. The lowest BCUT2D eigenvalue weighted by Gasteiger charge is -2.30. The Bertz CT molecular complexity index is 994. The van der Waals surface area contributed by atoms with E-state index in [1.54, 1.807) is 12.1 Å². The van der Waals surface area contributed by atoms with Gasteiger partial charge in [-0.3, -0.25) is 4.79 Å². The topological polar surface area (TPSA) is 69.7 Å². The molecule has 2 heterocycles. The van der Waals surface area contributed by atoms with Crippen LogP contribution in [-0.4, -0.2) is 62.8 Å². The third kappa shape index (κ3) is 5.45. The fourth-order valence-corrected chi connectivity index (χ4v) is 6.18. The van der Waals surface area contributed by atoms with Gasteiger partial charge in [-0.1, -0.05) is 36.8 Å². The number of hydrogen-bond acceptors (Lipinski definition) is 4. The molecule has 0 aromatic heterocycles. The van der Waals surface area contributed by atoms with E-state index in [4.69, 9.17) is 0 Å². The van der Waals surface area contributed by atoms with Crippen LogP contribution in [0.1, 0.15) is 38.5 Å². The first-order valence-electron chi connectivity index (χ1n) is 11.5. The molecule has 0 aliphatic carbocycles. The molecule has 2 fully saturated rings. The van der Waals surface area contributed by atoms with Crippen LogP contribution in [-0.2, 0) is 14.8 Å². The van der Waals surface area contributed by atoms with Crippen LogP contribution in [0.15, 0.2) is 47.4 Å². The van der Waals surface area contributed by atoms with Crippen molar-refractivity contribution in [2.75, 3.05) is 39.3 Å². The maximum absolute atomic E-state index is 13.1. The van der Waals surface area contributed by atoms with Gasteiger partial charge in [0, 0.05) is 25.6 Å². The van der Waals surface area contributed by atoms with E-state index in [2.05, 4.69) is 10.2 Å². The van der Waals surface area contributed by atoms with Crippen LogP contribution in [0.3, 0.4) is 0 Å². The van der Waals surface area contributed by atoms with Crippen molar-refractivity contribution in [3.05, 3.63) is 42.5 Å². The standard InChI is InChI=1S/C24H33N3O3S/c28-24(25-13-6-16-26-14-4-1-5-15-26)21-11-17-27(18-12-21)31(29,30)23-10-9-20-7-2-3-8-22(20)19-23/h2-3,7-10,19,21H,1,4-6,11-18H2,(H,25,28). The van der Waals surface area contributed by atoms with Crippen molar-refractivity contribution in [1.82, 2.24) is 14.5 Å². The van der Waals surface area contributed by atoms with Crippen molar-refractivity contribution < 1.29 is 13.2 Å². The first-order valence-corrected chi connectivity index (χ1v) is 13.0. The summed E-state index contributed by atoms with van der Waals surface area (Å²) < 4.78 is 27.7. The molecule has 1 amide bonds. The number of amides is 1. The van der Waals surface area contributed by atoms with Crippen molar-refractivity contribution in [2.24, 2.45) is 5.92 Å². The number of nitrogens with zero attached hydrogens (tertiary/aromatic N) is 2. The third-order valence-electron chi connectivity index (χ3n) is 6.58. The number of carbonyl (C=O) groups is 1. The summed E-state index contributed by atoms with van der Waals surface area (Å²) in [7, 11) is -3.54. The van der Waals surface area contributed by atoms with Gasteiger partial charge in [-0.15, -0.1) is 0 Å². The van der Waals surface area contributed by atoms with Crippen molar-refractivity contribution in [1.29, 1.82) is 0 Å². The Morgan fingerprint density at radius 2 is 1.65 bits per heavy atom. The first-order chi connectivity index (χ1) is 15.0. The Kier molecular flexibility index (Phi) is 7.25. The minimum Gasteiger partial charge on any atom is -0.356 e. The highest BCUT2D eigenvalue weighted by Crippen LogP contribution is 2.26. The number of fused-ring (bicyclic) bond motifs is 1. The molecule has 1 N–H and O–H groups in total. The van der Waals surface area contributed by atoms with E-state index < -0.39 is 10.0 Å². The van der Waals surface area contributed by atoms with Gasteiger partial charge in [0.2, 0.25) is 15.9 Å². The van der Waals surface area contributed by atoms with Gasteiger partial charge in [0.25, 0.3) is 0 Å². The lowest BCUT2D eigenvalue weighted by molar-refractivity contribution is -0.126. The predicted octanol–water partition coefficient (Wildman–Crippen LogP) is 3.23. The molecule has 0 bridgehead atoms. The number of sulfonamides is 1. The normalized spacial score (nSPS) is 19.5. The largest absolute Gasteiger partial charge is 0.356 e. The van der Waals surface area contributed by atoms with Gasteiger partial charge in [-0.25, -0.2) is 8.42 Å². The third-order valence-corrected chi connectivity index (χ3v) is 8.48. The van der Waals surface area contributed by atoms with Gasteiger partial charge >= 0.3 is 0 Å². The Morgan fingerprint density at radius 3 is 2.39 bits per heavy atom. The van der Waals surface area contributed by atoms with E-state index in [1.807, 2.05) is 30.3 Å². The van der Waals surface area contributed by atoms with Gasteiger partial charge in [0.05, 0.1) is 4.90 Å². The van der Waals surface area contributed by atoms with Gasteiger partial charge in [-0.05, 0) is 74.6 Å². The molecule has 2 aromatic rings. The molecular formula is C24H33N3O3S. The quantitative estimate of drug-likeness (QED) is 0.667. The van der Waals surface area contributed by atoms with Crippen molar-refractivity contribution in [3.8, 4) is 0 Å². The second-order valence-electron chi connectivity index (χ2n) is 8.73. The maximum Gasteiger partial charge on any atom is 0.243 e. The van der Waals surface area contributed by atoms with Gasteiger partial charge < -0.3 is 10.2 Å². The predicted molar refractivity (Wildman–Crippen MR) is 123 cm³/mol. The molecular weight excluding hydrogens is 410 g/mol. The molecule has 4 rings (SSSR count). The van der Waals surface area contributed by atoms with E-state index in [-0.39, 0.29) is 11.8 Å². The molecule has 2 aliphatic heterocycles. The second kappa shape index (κ2) is 10.1. The van der Waals surface area contributed by atoms with E-state index >= 15 is 0 Å². The van der Waals surface area contributed by atoms with E-state index in [1.165, 1.54) is 36.7 Å². The number of carbonyl (C=O) groups excluding carboxylic acids is 1. The van der Waals surface area contributed by atoms with Crippen molar-refractivity contribution in [2.45, 2.75) is 43.4 Å². The van der Waals surface area contributed by atoms with Crippen LogP contribution in [0.5, 0.6) is 0 Å². The fourth-order valence-electron chi connectivity index (χ4n) is 4.68. The molecule has 0 saturated carbocycles. The average Bonchev–Trinajstić information content (AvgIpc) is 2.82. The van der Waals surface area contributed by atoms with Crippen LogP contribution >= 0.6 is 0 Å². The SMILES string of the molecule is O=C(NCCCN1CCCCC1)C1CCN(S(=O)(=O)c2ccc3ccccc3c2)CC1. The van der Waals surface area contributed by atoms with E-state index in [0.717, 1.165) is 23.7 Å². The fraction of sp³-hybridized carbons (Fsp3) is 0.542. The Balaban J connectivity index is 1.25. The van der Waals surface area contributed by atoms with Crippen LogP contribution in [0.2, 0.25) is 0 Å². The minimum atomic E-state index is -3.54. The molecule has 6 nitrogen and oxygen atoms in total. The average molecular weight is 444 g/mol. The summed E-state index contributed by atoms with van der Waals surface area (Å²) in [5.41, 5.74) is 0. The zero-order valence-electron chi connectivity index (χ0n) is 18.1. The number of nitrogens with one attached hydrogen (secondary N) is 1. The summed E-state index contributed by atoms with van der Waals surface area (Å²) in [6, 6.07) is 13.0. The lowest BCUT2D eigenvalue weighted by atomic mass is 9.97. The molecule has 168 valence electrons.